The SMILES string of the molecule is Cc1nc(CC2CCOC3(CCN(C(=O)CCC(C)C)CC3)C2)no1. The van der Waals surface area contributed by atoms with Crippen molar-refractivity contribution in [2.75, 3.05) is 19.7 Å². The molecule has 1 aromatic rings. The van der Waals surface area contributed by atoms with Crippen molar-refractivity contribution in [3.05, 3.63) is 11.7 Å². The number of ether oxygens (including phenoxy) is 1. The fraction of sp³-hybridized carbons (Fsp3) is 0.842. The number of aromatic nitrogens is 2. The third-order valence-corrected chi connectivity index (χ3v) is 5.60. The summed E-state index contributed by atoms with van der Waals surface area (Å²) in [6, 6.07) is 0. The van der Waals surface area contributed by atoms with Crippen LogP contribution in [0.25, 0.3) is 0 Å². The van der Waals surface area contributed by atoms with Crippen molar-refractivity contribution in [1.29, 1.82) is 0 Å². The highest BCUT2D eigenvalue weighted by Crippen LogP contribution is 2.38. The predicted molar refractivity (Wildman–Crippen MR) is 94.0 cm³/mol. The van der Waals surface area contributed by atoms with Crippen LogP contribution in [0.15, 0.2) is 4.52 Å². The number of nitrogens with zero attached hydrogens (tertiary/aromatic N) is 3. The van der Waals surface area contributed by atoms with Gasteiger partial charge in [0.15, 0.2) is 5.82 Å². The van der Waals surface area contributed by atoms with Crippen molar-refractivity contribution in [2.45, 2.75) is 71.3 Å². The van der Waals surface area contributed by atoms with Crippen LogP contribution in [0.3, 0.4) is 0 Å². The molecule has 1 amide bonds. The normalized spacial score (nSPS) is 23.4. The van der Waals surface area contributed by atoms with Crippen LogP contribution in [-0.2, 0) is 16.0 Å². The molecule has 2 aliphatic heterocycles. The van der Waals surface area contributed by atoms with Gasteiger partial charge in [0.25, 0.3) is 0 Å². The van der Waals surface area contributed by atoms with Crippen molar-refractivity contribution in [1.82, 2.24) is 15.0 Å². The lowest BCUT2D eigenvalue weighted by atomic mass is 9.78. The number of carbonyl (C=O) groups is 1. The topological polar surface area (TPSA) is 68.5 Å². The zero-order valence-electron chi connectivity index (χ0n) is 15.8. The highest BCUT2D eigenvalue weighted by Gasteiger charge is 2.41. The first kappa shape index (κ1) is 18.4. The number of aryl methyl sites for hydroxylation is 1. The summed E-state index contributed by atoms with van der Waals surface area (Å²) >= 11 is 0. The molecule has 1 unspecified atom stereocenters. The van der Waals surface area contributed by atoms with E-state index in [0.717, 1.165) is 64.0 Å². The quantitative estimate of drug-likeness (QED) is 0.817. The zero-order valence-corrected chi connectivity index (χ0v) is 15.8. The van der Waals surface area contributed by atoms with Gasteiger partial charge in [0, 0.05) is 39.5 Å². The predicted octanol–water partition coefficient (Wildman–Crippen LogP) is 3.14. The highest BCUT2D eigenvalue weighted by molar-refractivity contribution is 5.76. The Bertz CT molecular complexity index is 576. The average Bonchev–Trinajstić information content (AvgIpc) is 2.98. The van der Waals surface area contributed by atoms with Gasteiger partial charge in [0.05, 0.1) is 5.60 Å². The standard InChI is InChI=1S/C19H31N3O3/c1-14(2)4-5-18(23)22-9-7-19(8-10-22)13-16(6-11-24-19)12-17-20-15(3)25-21-17/h14,16H,4-13H2,1-3H3. The van der Waals surface area contributed by atoms with Crippen LogP contribution in [0.1, 0.15) is 64.1 Å². The smallest absolute Gasteiger partial charge is 0.223 e. The second-order valence-corrected chi connectivity index (χ2v) is 8.14. The summed E-state index contributed by atoms with van der Waals surface area (Å²) in [6.45, 7) is 8.60. The van der Waals surface area contributed by atoms with E-state index in [2.05, 4.69) is 24.0 Å². The lowest BCUT2D eigenvalue weighted by molar-refractivity contribution is -0.147. The Morgan fingerprint density at radius 2 is 2.12 bits per heavy atom. The molecule has 0 saturated carbocycles. The minimum Gasteiger partial charge on any atom is -0.375 e. The maximum absolute atomic E-state index is 12.3. The molecule has 0 N–H and O–H groups in total. The first-order chi connectivity index (χ1) is 12.0. The fourth-order valence-corrected chi connectivity index (χ4v) is 4.07. The summed E-state index contributed by atoms with van der Waals surface area (Å²) in [5.41, 5.74) is -0.0590. The molecule has 0 aliphatic carbocycles. The first-order valence-electron chi connectivity index (χ1n) is 9.67. The van der Waals surface area contributed by atoms with Gasteiger partial charge < -0.3 is 14.2 Å². The number of carbonyl (C=O) groups excluding carboxylic acids is 1. The van der Waals surface area contributed by atoms with Gasteiger partial charge in [-0.3, -0.25) is 4.79 Å². The molecule has 3 rings (SSSR count). The Morgan fingerprint density at radius 3 is 2.76 bits per heavy atom. The Morgan fingerprint density at radius 1 is 1.36 bits per heavy atom. The zero-order chi connectivity index (χ0) is 17.9. The summed E-state index contributed by atoms with van der Waals surface area (Å²) < 4.78 is 11.3. The molecule has 2 fully saturated rings. The Kier molecular flexibility index (Phi) is 5.77. The summed E-state index contributed by atoms with van der Waals surface area (Å²) in [6.07, 6.45) is 6.49. The lowest BCUT2D eigenvalue weighted by Gasteiger charge is -2.46. The number of hydrogen-bond donors (Lipinski definition) is 0. The van der Waals surface area contributed by atoms with Crippen molar-refractivity contribution >= 4 is 5.91 Å². The largest absolute Gasteiger partial charge is 0.375 e. The lowest BCUT2D eigenvalue weighted by Crippen LogP contribution is -2.51. The van der Waals surface area contributed by atoms with E-state index >= 15 is 0 Å². The van der Waals surface area contributed by atoms with Gasteiger partial charge in [0.2, 0.25) is 11.8 Å². The van der Waals surface area contributed by atoms with Crippen LogP contribution < -0.4 is 0 Å². The van der Waals surface area contributed by atoms with Crippen LogP contribution in [0.5, 0.6) is 0 Å². The van der Waals surface area contributed by atoms with Crippen LogP contribution >= 0.6 is 0 Å². The third kappa shape index (κ3) is 4.81. The maximum Gasteiger partial charge on any atom is 0.223 e. The van der Waals surface area contributed by atoms with Crippen LogP contribution in [0.2, 0.25) is 0 Å². The van der Waals surface area contributed by atoms with E-state index in [9.17, 15) is 4.79 Å². The molecule has 2 saturated heterocycles. The molecule has 1 spiro atoms. The molecular formula is C19H31N3O3. The van der Waals surface area contributed by atoms with Gasteiger partial charge in [-0.1, -0.05) is 19.0 Å². The van der Waals surface area contributed by atoms with E-state index in [1.54, 1.807) is 0 Å². The van der Waals surface area contributed by atoms with E-state index in [1.807, 2.05) is 11.8 Å². The molecule has 2 aliphatic rings. The molecule has 25 heavy (non-hydrogen) atoms. The molecule has 1 atom stereocenters. The van der Waals surface area contributed by atoms with Gasteiger partial charge in [-0.15, -0.1) is 0 Å². The second kappa shape index (κ2) is 7.85. The number of rotatable bonds is 5. The molecular weight excluding hydrogens is 318 g/mol. The van der Waals surface area contributed by atoms with Crippen molar-refractivity contribution < 1.29 is 14.1 Å². The molecule has 6 nitrogen and oxygen atoms in total. The average molecular weight is 349 g/mol. The first-order valence-corrected chi connectivity index (χ1v) is 9.67. The molecule has 140 valence electrons. The third-order valence-electron chi connectivity index (χ3n) is 5.60. The van der Waals surface area contributed by atoms with Gasteiger partial charge in [-0.05, 0) is 43.9 Å². The number of amides is 1. The van der Waals surface area contributed by atoms with E-state index < -0.39 is 0 Å². The summed E-state index contributed by atoms with van der Waals surface area (Å²) in [5, 5.41) is 4.03. The number of piperidine rings is 1. The minimum atomic E-state index is -0.0590. The van der Waals surface area contributed by atoms with Gasteiger partial charge in [-0.25, -0.2) is 0 Å². The summed E-state index contributed by atoms with van der Waals surface area (Å²) in [5.74, 6) is 2.86. The van der Waals surface area contributed by atoms with E-state index in [-0.39, 0.29) is 5.60 Å². The van der Waals surface area contributed by atoms with Crippen molar-refractivity contribution in [2.24, 2.45) is 11.8 Å². The van der Waals surface area contributed by atoms with E-state index in [1.165, 1.54) is 0 Å². The molecule has 6 heteroatoms. The Hall–Kier alpha value is -1.43. The molecule has 3 heterocycles. The summed E-state index contributed by atoms with van der Waals surface area (Å²) in [4.78, 5) is 18.7. The van der Waals surface area contributed by atoms with Gasteiger partial charge in [-0.2, -0.15) is 4.98 Å². The number of likely N-dealkylation sites (tertiary alicyclic amines) is 1. The maximum atomic E-state index is 12.3. The van der Waals surface area contributed by atoms with Crippen molar-refractivity contribution in [3.8, 4) is 0 Å². The van der Waals surface area contributed by atoms with E-state index in [0.29, 0.717) is 30.1 Å². The van der Waals surface area contributed by atoms with Gasteiger partial charge in [0.1, 0.15) is 0 Å². The minimum absolute atomic E-state index is 0.0590. The van der Waals surface area contributed by atoms with E-state index in [4.69, 9.17) is 9.26 Å². The van der Waals surface area contributed by atoms with Crippen molar-refractivity contribution in [3.63, 3.8) is 0 Å². The molecule has 0 aromatic carbocycles. The van der Waals surface area contributed by atoms with Gasteiger partial charge >= 0.3 is 0 Å². The second-order valence-electron chi connectivity index (χ2n) is 8.14. The number of hydrogen-bond acceptors (Lipinski definition) is 5. The molecule has 0 bridgehead atoms. The molecule has 1 aromatic heterocycles. The highest BCUT2D eigenvalue weighted by atomic mass is 16.5. The van der Waals surface area contributed by atoms with Crippen LogP contribution in [-0.4, -0.2) is 46.2 Å². The van der Waals surface area contributed by atoms with Crippen LogP contribution in [0.4, 0.5) is 0 Å². The Balaban J connectivity index is 1.50. The Labute approximate surface area is 150 Å². The van der Waals surface area contributed by atoms with Crippen LogP contribution in [0, 0.1) is 18.8 Å². The summed E-state index contributed by atoms with van der Waals surface area (Å²) in [7, 11) is 0. The molecule has 0 radical (unpaired) electrons. The fourth-order valence-electron chi connectivity index (χ4n) is 4.07. The monoisotopic (exact) mass is 349 g/mol.